The second-order valence-corrected chi connectivity index (χ2v) is 3.32. The molecule has 0 saturated heterocycles. The van der Waals surface area contributed by atoms with Crippen LogP contribution >= 0.6 is 0 Å². The van der Waals surface area contributed by atoms with E-state index in [1.807, 2.05) is 7.05 Å². The molecule has 0 spiro atoms. The zero-order valence-electron chi connectivity index (χ0n) is 7.57. The highest BCUT2D eigenvalue weighted by molar-refractivity contribution is 5.00. The fourth-order valence-corrected chi connectivity index (χ4v) is 1.04. The number of hydrogen-bond acceptors (Lipinski definition) is 1. The van der Waals surface area contributed by atoms with Crippen molar-refractivity contribution in [2.45, 2.75) is 33.2 Å². The Balaban J connectivity index is 3.72. The predicted molar refractivity (Wildman–Crippen MR) is 47.1 cm³/mol. The lowest BCUT2D eigenvalue weighted by molar-refractivity contribution is 0.485. The van der Waals surface area contributed by atoms with Crippen molar-refractivity contribution in [2.24, 2.45) is 5.92 Å². The van der Waals surface area contributed by atoms with Gasteiger partial charge in [-0.3, -0.25) is 0 Å². The van der Waals surface area contributed by atoms with E-state index in [0.29, 0.717) is 6.04 Å². The SMILES string of the molecule is C=C(C)C(CC(C)C)NC. The molecule has 60 valence electrons. The molecule has 1 nitrogen and oxygen atoms in total. The van der Waals surface area contributed by atoms with E-state index in [0.717, 1.165) is 5.92 Å². The van der Waals surface area contributed by atoms with E-state index >= 15 is 0 Å². The van der Waals surface area contributed by atoms with Gasteiger partial charge < -0.3 is 5.32 Å². The smallest absolute Gasteiger partial charge is 0.0273 e. The van der Waals surface area contributed by atoms with E-state index in [-0.39, 0.29) is 0 Å². The van der Waals surface area contributed by atoms with Gasteiger partial charge in [-0.05, 0) is 26.3 Å². The summed E-state index contributed by atoms with van der Waals surface area (Å²) in [6.45, 7) is 10.4. The Labute approximate surface area is 64.5 Å². The molecular weight excluding hydrogens is 122 g/mol. The average Bonchev–Trinajstić information content (AvgIpc) is 1.81. The summed E-state index contributed by atoms with van der Waals surface area (Å²) in [4.78, 5) is 0. The van der Waals surface area contributed by atoms with Gasteiger partial charge in [-0.25, -0.2) is 0 Å². The minimum Gasteiger partial charge on any atom is -0.313 e. The lowest BCUT2D eigenvalue weighted by Crippen LogP contribution is -2.27. The summed E-state index contributed by atoms with van der Waals surface area (Å²) in [5, 5.41) is 3.23. The molecule has 1 unspecified atom stereocenters. The molecule has 1 atom stereocenters. The molecule has 0 rings (SSSR count). The first-order valence-corrected chi connectivity index (χ1v) is 3.90. The van der Waals surface area contributed by atoms with Crippen molar-refractivity contribution in [3.8, 4) is 0 Å². The van der Waals surface area contributed by atoms with Crippen LogP contribution in [0.5, 0.6) is 0 Å². The molecule has 0 aromatic heterocycles. The second-order valence-electron chi connectivity index (χ2n) is 3.32. The van der Waals surface area contributed by atoms with Crippen molar-refractivity contribution in [1.82, 2.24) is 5.32 Å². The lowest BCUT2D eigenvalue weighted by atomic mass is 9.99. The third-order valence-corrected chi connectivity index (χ3v) is 1.65. The molecule has 0 heterocycles. The quantitative estimate of drug-likeness (QED) is 0.592. The highest BCUT2D eigenvalue weighted by Gasteiger charge is 2.07. The van der Waals surface area contributed by atoms with E-state index < -0.39 is 0 Å². The van der Waals surface area contributed by atoms with Crippen molar-refractivity contribution < 1.29 is 0 Å². The molecule has 0 aliphatic carbocycles. The largest absolute Gasteiger partial charge is 0.313 e. The van der Waals surface area contributed by atoms with Crippen LogP contribution in [0.1, 0.15) is 27.2 Å². The number of rotatable bonds is 4. The summed E-state index contributed by atoms with van der Waals surface area (Å²) in [7, 11) is 1.99. The average molecular weight is 141 g/mol. The van der Waals surface area contributed by atoms with Crippen LogP contribution in [0.4, 0.5) is 0 Å². The molecule has 0 saturated carbocycles. The first kappa shape index (κ1) is 9.70. The molecule has 1 heteroatoms. The highest BCUT2D eigenvalue weighted by Crippen LogP contribution is 2.09. The van der Waals surface area contributed by atoms with E-state index in [1.54, 1.807) is 0 Å². The van der Waals surface area contributed by atoms with Crippen LogP contribution in [0.2, 0.25) is 0 Å². The molecule has 0 aromatic carbocycles. The van der Waals surface area contributed by atoms with Crippen molar-refractivity contribution in [2.75, 3.05) is 7.05 Å². The van der Waals surface area contributed by atoms with Crippen LogP contribution in [0.15, 0.2) is 12.2 Å². The summed E-state index contributed by atoms with van der Waals surface area (Å²) in [5.74, 6) is 0.745. The molecule has 0 bridgehead atoms. The third kappa shape index (κ3) is 3.67. The van der Waals surface area contributed by atoms with Gasteiger partial charge in [0.15, 0.2) is 0 Å². The van der Waals surface area contributed by atoms with Crippen LogP contribution in [0.25, 0.3) is 0 Å². The first-order valence-electron chi connectivity index (χ1n) is 3.90. The zero-order chi connectivity index (χ0) is 8.15. The standard InChI is InChI=1S/C9H19N/c1-7(2)6-9(10-5)8(3)4/h7,9-10H,3,6H2,1-2,4-5H3. The summed E-state index contributed by atoms with van der Waals surface area (Å²) < 4.78 is 0. The van der Waals surface area contributed by atoms with Gasteiger partial charge in [0.05, 0.1) is 0 Å². The molecule has 0 radical (unpaired) electrons. The zero-order valence-corrected chi connectivity index (χ0v) is 7.57. The Morgan fingerprint density at radius 3 is 2.10 bits per heavy atom. The summed E-state index contributed by atoms with van der Waals surface area (Å²) in [6.07, 6.45) is 1.19. The summed E-state index contributed by atoms with van der Waals surface area (Å²) in [6, 6.07) is 0.500. The number of likely N-dealkylation sites (N-methyl/N-ethyl adjacent to an activating group) is 1. The Kier molecular flexibility index (Phi) is 4.37. The lowest BCUT2D eigenvalue weighted by Gasteiger charge is -2.17. The van der Waals surface area contributed by atoms with E-state index in [2.05, 4.69) is 32.7 Å². The Morgan fingerprint density at radius 2 is 2.00 bits per heavy atom. The maximum atomic E-state index is 3.92. The van der Waals surface area contributed by atoms with Crippen LogP contribution in [0.3, 0.4) is 0 Å². The Hall–Kier alpha value is -0.300. The van der Waals surface area contributed by atoms with Gasteiger partial charge in [-0.2, -0.15) is 0 Å². The van der Waals surface area contributed by atoms with E-state index in [1.165, 1.54) is 12.0 Å². The summed E-state index contributed by atoms with van der Waals surface area (Å²) >= 11 is 0. The van der Waals surface area contributed by atoms with Gasteiger partial charge in [0.1, 0.15) is 0 Å². The van der Waals surface area contributed by atoms with Gasteiger partial charge in [0.25, 0.3) is 0 Å². The van der Waals surface area contributed by atoms with E-state index in [9.17, 15) is 0 Å². The molecule has 10 heavy (non-hydrogen) atoms. The monoisotopic (exact) mass is 141 g/mol. The fourth-order valence-electron chi connectivity index (χ4n) is 1.04. The topological polar surface area (TPSA) is 12.0 Å². The van der Waals surface area contributed by atoms with Crippen LogP contribution in [-0.4, -0.2) is 13.1 Å². The number of nitrogens with one attached hydrogen (secondary N) is 1. The number of hydrogen-bond donors (Lipinski definition) is 1. The fraction of sp³-hybridized carbons (Fsp3) is 0.778. The normalized spacial score (nSPS) is 13.7. The first-order chi connectivity index (χ1) is 4.57. The van der Waals surface area contributed by atoms with Crippen LogP contribution < -0.4 is 5.32 Å². The van der Waals surface area contributed by atoms with Gasteiger partial charge >= 0.3 is 0 Å². The molecular formula is C9H19N. The van der Waals surface area contributed by atoms with Crippen molar-refractivity contribution in [3.63, 3.8) is 0 Å². The van der Waals surface area contributed by atoms with E-state index in [4.69, 9.17) is 0 Å². The molecule has 1 N–H and O–H groups in total. The van der Waals surface area contributed by atoms with Crippen LogP contribution in [-0.2, 0) is 0 Å². The predicted octanol–water partition coefficient (Wildman–Crippen LogP) is 2.20. The minimum atomic E-state index is 0.500. The van der Waals surface area contributed by atoms with Gasteiger partial charge in [0, 0.05) is 6.04 Å². The van der Waals surface area contributed by atoms with Crippen molar-refractivity contribution in [3.05, 3.63) is 12.2 Å². The Bertz CT molecular complexity index is 105. The Morgan fingerprint density at radius 1 is 1.50 bits per heavy atom. The second kappa shape index (κ2) is 4.51. The summed E-state index contributed by atoms with van der Waals surface area (Å²) in [5.41, 5.74) is 1.23. The maximum Gasteiger partial charge on any atom is 0.0273 e. The minimum absolute atomic E-state index is 0.500. The molecule has 0 fully saturated rings. The van der Waals surface area contributed by atoms with Gasteiger partial charge in [-0.1, -0.05) is 26.0 Å². The third-order valence-electron chi connectivity index (χ3n) is 1.65. The molecule has 0 aliphatic heterocycles. The highest BCUT2D eigenvalue weighted by atomic mass is 14.9. The van der Waals surface area contributed by atoms with Gasteiger partial charge in [0.2, 0.25) is 0 Å². The molecule has 0 amide bonds. The van der Waals surface area contributed by atoms with Crippen molar-refractivity contribution >= 4 is 0 Å². The molecule has 0 aromatic rings. The molecule has 0 aliphatic rings. The van der Waals surface area contributed by atoms with Crippen molar-refractivity contribution in [1.29, 1.82) is 0 Å². The van der Waals surface area contributed by atoms with Crippen LogP contribution in [0, 0.1) is 5.92 Å². The van der Waals surface area contributed by atoms with Gasteiger partial charge in [-0.15, -0.1) is 0 Å². The maximum absolute atomic E-state index is 3.92.